The molecule has 0 aromatic carbocycles. The SMILES string of the molecule is COC(=O)C1Cc2cc3cncc(SC)c3n2C1=O. The third-order valence-corrected chi connectivity index (χ3v) is 4.12. The highest BCUT2D eigenvalue weighted by Gasteiger charge is 2.38. The lowest BCUT2D eigenvalue weighted by Gasteiger charge is -2.07. The number of rotatable bonds is 2. The van der Waals surface area contributed by atoms with E-state index in [1.807, 2.05) is 12.3 Å². The van der Waals surface area contributed by atoms with Gasteiger partial charge in [0.05, 0.1) is 17.5 Å². The average molecular weight is 276 g/mol. The first kappa shape index (κ1) is 12.2. The minimum absolute atomic E-state index is 0.210. The molecular formula is C13H12N2O3S. The minimum atomic E-state index is -0.715. The van der Waals surface area contributed by atoms with Crippen LogP contribution >= 0.6 is 11.8 Å². The molecule has 0 N–H and O–H groups in total. The fourth-order valence-electron chi connectivity index (χ4n) is 2.51. The molecule has 3 heterocycles. The molecule has 1 unspecified atom stereocenters. The highest BCUT2D eigenvalue weighted by Crippen LogP contribution is 2.33. The van der Waals surface area contributed by atoms with Gasteiger partial charge in [-0.1, -0.05) is 0 Å². The van der Waals surface area contributed by atoms with Crippen molar-refractivity contribution in [1.29, 1.82) is 0 Å². The molecule has 0 radical (unpaired) electrons. The molecule has 98 valence electrons. The van der Waals surface area contributed by atoms with Crippen molar-refractivity contribution < 1.29 is 14.3 Å². The van der Waals surface area contributed by atoms with Crippen molar-refractivity contribution in [2.24, 2.45) is 5.92 Å². The lowest BCUT2D eigenvalue weighted by atomic mass is 10.1. The molecule has 0 bridgehead atoms. The first-order valence-corrected chi connectivity index (χ1v) is 7.04. The van der Waals surface area contributed by atoms with Crippen LogP contribution in [0.2, 0.25) is 0 Å². The van der Waals surface area contributed by atoms with E-state index in [0.717, 1.165) is 21.5 Å². The van der Waals surface area contributed by atoms with Gasteiger partial charge in [-0.15, -0.1) is 11.8 Å². The summed E-state index contributed by atoms with van der Waals surface area (Å²) in [7, 11) is 1.30. The van der Waals surface area contributed by atoms with E-state index in [2.05, 4.69) is 9.72 Å². The Labute approximate surface area is 113 Å². The zero-order valence-corrected chi connectivity index (χ0v) is 11.4. The van der Waals surface area contributed by atoms with Crippen LogP contribution in [0.4, 0.5) is 0 Å². The summed E-state index contributed by atoms with van der Waals surface area (Å²) < 4.78 is 6.31. The van der Waals surface area contributed by atoms with Gasteiger partial charge in [-0.05, 0) is 12.3 Å². The van der Waals surface area contributed by atoms with Gasteiger partial charge in [-0.25, -0.2) is 0 Å². The Morgan fingerprint density at radius 2 is 2.32 bits per heavy atom. The molecule has 0 aliphatic carbocycles. The Morgan fingerprint density at radius 1 is 1.53 bits per heavy atom. The largest absolute Gasteiger partial charge is 0.468 e. The predicted octanol–water partition coefficient (Wildman–Crippen LogP) is 1.74. The van der Waals surface area contributed by atoms with Gasteiger partial charge in [0.25, 0.3) is 0 Å². The maximum absolute atomic E-state index is 12.4. The van der Waals surface area contributed by atoms with Crippen LogP contribution in [-0.4, -0.2) is 34.8 Å². The highest BCUT2D eigenvalue weighted by molar-refractivity contribution is 7.98. The number of aromatic nitrogens is 2. The summed E-state index contributed by atoms with van der Waals surface area (Å²) >= 11 is 1.53. The molecule has 3 rings (SSSR count). The smallest absolute Gasteiger partial charge is 0.318 e. The maximum atomic E-state index is 12.4. The first-order valence-electron chi connectivity index (χ1n) is 5.81. The molecule has 0 spiro atoms. The molecule has 0 saturated heterocycles. The van der Waals surface area contributed by atoms with E-state index in [1.165, 1.54) is 18.9 Å². The van der Waals surface area contributed by atoms with Gasteiger partial charge in [0, 0.05) is 29.9 Å². The fraction of sp³-hybridized carbons (Fsp3) is 0.308. The third kappa shape index (κ3) is 1.67. The summed E-state index contributed by atoms with van der Waals surface area (Å²) in [5, 5.41) is 0.929. The second-order valence-electron chi connectivity index (χ2n) is 4.37. The van der Waals surface area contributed by atoms with Gasteiger partial charge in [0.2, 0.25) is 5.91 Å². The average Bonchev–Trinajstić information content (AvgIpc) is 2.94. The van der Waals surface area contributed by atoms with Crippen LogP contribution in [0.5, 0.6) is 0 Å². The zero-order chi connectivity index (χ0) is 13.6. The lowest BCUT2D eigenvalue weighted by molar-refractivity contribution is -0.143. The molecule has 2 aromatic heterocycles. The van der Waals surface area contributed by atoms with Gasteiger partial charge in [-0.3, -0.25) is 19.1 Å². The molecule has 0 fully saturated rings. The normalized spacial score (nSPS) is 17.8. The van der Waals surface area contributed by atoms with Crippen molar-refractivity contribution >= 4 is 34.5 Å². The predicted molar refractivity (Wildman–Crippen MR) is 71.4 cm³/mol. The van der Waals surface area contributed by atoms with Crippen LogP contribution in [-0.2, 0) is 16.0 Å². The van der Waals surface area contributed by atoms with E-state index in [4.69, 9.17) is 0 Å². The van der Waals surface area contributed by atoms with E-state index in [0.29, 0.717) is 6.42 Å². The number of carbonyl (C=O) groups is 2. The summed E-state index contributed by atoms with van der Waals surface area (Å²) in [5.74, 6) is -1.40. The van der Waals surface area contributed by atoms with Crippen LogP contribution in [0.1, 0.15) is 10.5 Å². The number of pyridine rings is 1. The van der Waals surface area contributed by atoms with Crippen molar-refractivity contribution in [2.75, 3.05) is 13.4 Å². The van der Waals surface area contributed by atoms with Gasteiger partial charge in [-0.2, -0.15) is 0 Å². The zero-order valence-electron chi connectivity index (χ0n) is 10.5. The Bertz CT molecular complexity index is 692. The summed E-state index contributed by atoms with van der Waals surface area (Å²) in [6.07, 6.45) is 5.81. The Morgan fingerprint density at radius 3 is 3.00 bits per heavy atom. The third-order valence-electron chi connectivity index (χ3n) is 3.38. The fourth-order valence-corrected chi connectivity index (χ4v) is 3.08. The Hall–Kier alpha value is -1.82. The van der Waals surface area contributed by atoms with E-state index in [9.17, 15) is 9.59 Å². The minimum Gasteiger partial charge on any atom is -0.468 e. The van der Waals surface area contributed by atoms with Crippen molar-refractivity contribution in [1.82, 2.24) is 9.55 Å². The summed E-state index contributed by atoms with van der Waals surface area (Å²) in [6, 6.07) is 1.92. The molecule has 6 heteroatoms. The second kappa shape index (κ2) is 4.38. The molecule has 0 saturated carbocycles. The molecule has 2 aromatic rings. The Balaban J connectivity index is 2.18. The molecule has 1 aliphatic heterocycles. The topological polar surface area (TPSA) is 61.2 Å². The molecule has 1 aliphatic rings. The van der Waals surface area contributed by atoms with Crippen LogP contribution in [0, 0.1) is 5.92 Å². The summed E-state index contributed by atoms with van der Waals surface area (Å²) in [4.78, 5) is 29.1. The number of methoxy groups -OCH3 is 1. The maximum Gasteiger partial charge on any atom is 0.318 e. The molecule has 5 nitrogen and oxygen atoms in total. The van der Waals surface area contributed by atoms with Crippen LogP contribution in [0.3, 0.4) is 0 Å². The van der Waals surface area contributed by atoms with E-state index in [-0.39, 0.29) is 5.91 Å². The van der Waals surface area contributed by atoms with Gasteiger partial charge >= 0.3 is 5.97 Å². The second-order valence-corrected chi connectivity index (χ2v) is 5.22. The highest BCUT2D eigenvalue weighted by atomic mass is 32.2. The van der Waals surface area contributed by atoms with Crippen molar-refractivity contribution in [3.05, 3.63) is 24.2 Å². The molecular weight excluding hydrogens is 264 g/mol. The number of esters is 1. The molecule has 1 atom stereocenters. The Kier molecular flexibility index (Phi) is 2.82. The van der Waals surface area contributed by atoms with Crippen molar-refractivity contribution in [3.63, 3.8) is 0 Å². The summed E-state index contributed by atoms with van der Waals surface area (Å²) in [6.45, 7) is 0. The van der Waals surface area contributed by atoms with Gasteiger partial charge < -0.3 is 4.74 Å². The number of thioether (sulfide) groups is 1. The quantitative estimate of drug-likeness (QED) is 0.475. The summed E-state index contributed by atoms with van der Waals surface area (Å²) in [5.41, 5.74) is 1.69. The standard InChI is InChI=1S/C13H12N2O3S/c1-18-13(17)9-4-8-3-7-5-14-6-10(19-2)11(7)15(8)12(9)16/h3,5-6,9H,4H2,1-2H3. The van der Waals surface area contributed by atoms with Crippen molar-refractivity contribution in [3.8, 4) is 0 Å². The van der Waals surface area contributed by atoms with E-state index >= 15 is 0 Å². The first-order chi connectivity index (χ1) is 9.17. The van der Waals surface area contributed by atoms with Gasteiger partial charge in [0.1, 0.15) is 5.92 Å². The molecule has 19 heavy (non-hydrogen) atoms. The van der Waals surface area contributed by atoms with Crippen LogP contribution in [0.25, 0.3) is 10.9 Å². The number of nitrogens with zero attached hydrogens (tertiary/aromatic N) is 2. The van der Waals surface area contributed by atoms with Crippen LogP contribution in [0.15, 0.2) is 23.4 Å². The number of hydrogen-bond donors (Lipinski definition) is 0. The van der Waals surface area contributed by atoms with E-state index in [1.54, 1.807) is 17.0 Å². The number of hydrogen-bond acceptors (Lipinski definition) is 5. The van der Waals surface area contributed by atoms with E-state index < -0.39 is 11.9 Å². The van der Waals surface area contributed by atoms with Crippen molar-refractivity contribution in [2.45, 2.75) is 11.3 Å². The lowest BCUT2D eigenvalue weighted by Crippen LogP contribution is -2.24. The van der Waals surface area contributed by atoms with Gasteiger partial charge in [0.15, 0.2) is 0 Å². The number of fused-ring (bicyclic) bond motifs is 3. The van der Waals surface area contributed by atoms with Crippen LogP contribution < -0.4 is 0 Å². The number of ether oxygens (including phenoxy) is 1. The number of carbonyl (C=O) groups excluding carboxylic acids is 2. The monoisotopic (exact) mass is 276 g/mol. The molecule has 0 amide bonds.